The summed E-state index contributed by atoms with van der Waals surface area (Å²) in [6.45, 7) is 2.16. The number of benzene rings is 1. The third kappa shape index (κ3) is 4.25. The minimum atomic E-state index is -4.05. The fourth-order valence-corrected chi connectivity index (χ4v) is 5.97. The van der Waals surface area contributed by atoms with E-state index in [1.807, 2.05) is 0 Å². The third-order valence-corrected chi connectivity index (χ3v) is 7.94. The van der Waals surface area contributed by atoms with Crippen molar-refractivity contribution < 1.29 is 22.3 Å². The summed E-state index contributed by atoms with van der Waals surface area (Å²) in [5.41, 5.74) is 0.645. The molecular formula is C20H20FN3O5S2. The lowest BCUT2D eigenvalue weighted by molar-refractivity contribution is 0.0467. The van der Waals surface area contributed by atoms with E-state index in [9.17, 15) is 22.4 Å². The monoisotopic (exact) mass is 465 g/mol. The van der Waals surface area contributed by atoms with Gasteiger partial charge in [-0.25, -0.2) is 22.6 Å². The summed E-state index contributed by atoms with van der Waals surface area (Å²) < 4.78 is 47.8. The molecule has 11 heteroatoms. The number of nitrogens with zero attached hydrogens (tertiary/aromatic N) is 3. The van der Waals surface area contributed by atoms with Gasteiger partial charge in [-0.1, -0.05) is 6.42 Å². The van der Waals surface area contributed by atoms with E-state index in [2.05, 4.69) is 4.98 Å². The average molecular weight is 466 g/mol. The van der Waals surface area contributed by atoms with Gasteiger partial charge in [0.1, 0.15) is 17.3 Å². The smallest absolute Gasteiger partial charge is 0.338 e. The number of fused-ring (bicyclic) bond motifs is 1. The van der Waals surface area contributed by atoms with Crippen LogP contribution in [0, 0.1) is 12.7 Å². The second kappa shape index (κ2) is 8.48. The van der Waals surface area contributed by atoms with Crippen molar-refractivity contribution in [2.24, 2.45) is 0 Å². The van der Waals surface area contributed by atoms with Gasteiger partial charge in [-0.15, -0.1) is 11.3 Å². The number of sulfonamides is 1. The molecule has 8 nitrogen and oxygen atoms in total. The van der Waals surface area contributed by atoms with Gasteiger partial charge in [0.25, 0.3) is 5.56 Å². The van der Waals surface area contributed by atoms with Crippen LogP contribution in [-0.2, 0) is 21.4 Å². The Morgan fingerprint density at radius 3 is 2.71 bits per heavy atom. The number of thiazole rings is 1. The van der Waals surface area contributed by atoms with Crippen molar-refractivity contribution in [3.05, 3.63) is 62.8 Å². The molecule has 31 heavy (non-hydrogen) atoms. The summed E-state index contributed by atoms with van der Waals surface area (Å²) in [5.74, 6) is -1.75. The van der Waals surface area contributed by atoms with Crippen molar-refractivity contribution in [3.63, 3.8) is 0 Å². The molecule has 1 aliphatic rings. The summed E-state index contributed by atoms with van der Waals surface area (Å²) in [6, 6.07) is 4.38. The molecule has 0 unspecified atom stereocenters. The van der Waals surface area contributed by atoms with Gasteiger partial charge in [0.05, 0.1) is 11.3 Å². The Morgan fingerprint density at radius 1 is 1.23 bits per heavy atom. The van der Waals surface area contributed by atoms with Crippen molar-refractivity contribution in [2.45, 2.75) is 37.7 Å². The van der Waals surface area contributed by atoms with Crippen molar-refractivity contribution in [3.8, 4) is 0 Å². The predicted octanol–water partition coefficient (Wildman–Crippen LogP) is 2.74. The number of aryl methyl sites for hydroxylation is 1. The van der Waals surface area contributed by atoms with Crippen molar-refractivity contribution in [1.29, 1.82) is 0 Å². The van der Waals surface area contributed by atoms with Gasteiger partial charge in [-0.2, -0.15) is 4.31 Å². The largest absolute Gasteiger partial charge is 0.456 e. The summed E-state index contributed by atoms with van der Waals surface area (Å²) in [5, 5.41) is 1.79. The van der Waals surface area contributed by atoms with Crippen LogP contribution in [0.3, 0.4) is 0 Å². The van der Waals surface area contributed by atoms with Crippen molar-refractivity contribution >= 4 is 32.3 Å². The second-order valence-electron chi connectivity index (χ2n) is 7.27. The number of piperidine rings is 1. The summed E-state index contributed by atoms with van der Waals surface area (Å²) >= 11 is 1.29. The number of rotatable bonds is 5. The van der Waals surface area contributed by atoms with E-state index >= 15 is 0 Å². The third-order valence-electron chi connectivity index (χ3n) is 5.08. The Bertz CT molecular complexity index is 1310. The van der Waals surface area contributed by atoms with E-state index in [1.165, 1.54) is 32.2 Å². The van der Waals surface area contributed by atoms with Crippen LogP contribution in [0.1, 0.15) is 41.0 Å². The van der Waals surface area contributed by atoms with Crippen LogP contribution in [0.2, 0.25) is 0 Å². The molecule has 1 saturated heterocycles. The fourth-order valence-electron chi connectivity index (χ4n) is 3.47. The van der Waals surface area contributed by atoms with Crippen LogP contribution in [0.15, 0.2) is 39.3 Å². The lowest BCUT2D eigenvalue weighted by atomic mass is 10.2. The lowest BCUT2D eigenvalue weighted by Gasteiger charge is -2.26. The number of halogens is 1. The predicted molar refractivity (Wildman–Crippen MR) is 112 cm³/mol. The van der Waals surface area contributed by atoms with Crippen LogP contribution in [0.4, 0.5) is 4.39 Å². The van der Waals surface area contributed by atoms with E-state index in [4.69, 9.17) is 4.74 Å². The molecule has 0 saturated carbocycles. The molecule has 1 fully saturated rings. The standard InChI is InChI=1S/C20H20FN3O5S2/c1-13-12-30-20-22-15(10-18(25)24(13)20)11-29-19(26)14-5-6-16(21)17(9-14)31(27,28)23-7-3-2-4-8-23/h5-6,9-10,12H,2-4,7-8,11H2,1H3. The Balaban J connectivity index is 1.54. The van der Waals surface area contributed by atoms with Crippen molar-refractivity contribution in [2.75, 3.05) is 13.1 Å². The van der Waals surface area contributed by atoms with E-state index in [1.54, 1.807) is 12.3 Å². The molecule has 2 aromatic heterocycles. The molecular weight excluding hydrogens is 445 g/mol. The van der Waals surface area contributed by atoms with Crippen molar-refractivity contribution in [1.82, 2.24) is 13.7 Å². The van der Waals surface area contributed by atoms with E-state index in [0.717, 1.165) is 24.2 Å². The molecule has 0 aliphatic carbocycles. The Hall–Kier alpha value is -2.63. The first-order valence-electron chi connectivity index (χ1n) is 9.71. The maximum absolute atomic E-state index is 14.3. The quantitative estimate of drug-likeness (QED) is 0.538. The molecule has 0 bridgehead atoms. The van der Waals surface area contributed by atoms with Crippen LogP contribution >= 0.6 is 11.3 Å². The van der Waals surface area contributed by atoms with Gasteiger partial charge in [-0.3, -0.25) is 9.20 Å². The minimum Gasteiger partial charge on any atom is -0.456 e. The van der Waals surface area contributed by atoms with Crippen LogP contribution < -0.4 is 5.56 Å². The first-order valence-corrected chi connectivity index (χ1v) is 12.0. The number of esters is 1. The highest BCUT2D eigenvalue weighted by Crippen LogP contribution is 2.24. The maximum atomic E-state index is 14.3. The van der Waals surface area contributed by atoms with Gasteiger partial charge in [0.2, 0.25) is 10.0 Å². The number of carbonyl (C=O) groups is 1. The maximum Gasteiger partial charge on any atom is 0.338 e. The Kier molecular flexibility index (Phi) is 5.91. The highest BCUT2D eigenvalue weighted by atomic mass is 32.2. The molecule has 164 valence electrons. The normalized spacial score (nSPS) is 15.3. The van der Waals surface area contributed by atoms with E-state index in [-0.39, 0.29) is 23.4 Å². The Labute approximate surface area is 182 Å². The number of aromatic nitrogens is 2. The van der Waals surface area contributed by atoms with Gasteiger partial charge < -0.3 is 4.74 Å². The van der Waals surface area contributed by atoms with Gasteiger partial charge in [-0.05, 0) is 38.0 Å². The molecule has 4 rings (SSSR count). The zero-order valence-electron chi connectivity index (χ0n) is 16.7. The van der Waals surface area contributed by atoms with Crippen LogP contribution in [-0.4, -0.2) is 41.2 Å². The Morgan fingerprint density at radius 2 is 1.97 bits per heavy atom. The highest BCUT2D eigenvalue weighted by molar-refractivity contribution is 7.89. The molecule has 1 aromatic carbocycles. The lowest BCUT2D eigenvalue weighted by Crippen LogP contribution is -2.36. The van der Waals surface area contributed by atoms with Crippen LogP contribution in [0.5, 0.6) is 0 Å². The molecule has 0 N–H and O–H groups in total. The molecule has 0 atom stereocenters. The number of hydrogen-bond donors (Lipinski definition) is 0. The summed E-state index contributed by atoms with van der Waals surface area (Å²) in [7, 11) is -4.05. The first-order chi connectivity index (χ1) is 14.8. The average Bonchev–Trinajstić information content (AvgIpc) is 3.14. The number of carbonyl (C=O) groups excluding carboxylic acids is 1. The fraction of sp³-hybridized carbons (Fsp3) is 0.350. The number of ether oxygens (including phenoxy) is 1. The topological polar surface area (TPSA) is 98.0 Å². The minimum absolute atomic E-state index is 0.0956. The van der Waals surface area contributed by atoms with E-state index < -0.39 is 26.7 Å². The molecule has 3 aromatic rings. The highest BCUT2D eigenvalue weighted by Gasteiger charge is 2.29. The summed E-state index contributed by atoms with van der Waals surface area (Å²) in [4.78, 5) is 28.9. The molecule has 0 radical (unpaired) electrons. The van der Waals surface area contributed by atoms with Crippen LogP contribution in [0.25, 0.3) is 4.96 Å². The zero-order valence-corrected chi connectivity index (χ0v) is 18.3. The van der Waals surface area contributed by atoms with E-state index in [0.29, 0.717) is 30.9 Å². The summed E-state index contributed by atoms with van der Waals surface area (Å²) in [6.07, 6.45) is 2.35. The molecule has 0 amide bonds. The molecule has 0 spiro atoms. The molecule has 3 heterocycles. The second-order valence-corrected chi connectivity index (χ2v) is 10.0. The first kappa shape index (κ1) is 21.6. The van der Waals surface area contributed by atoms with Gasteiger partial charge >= 0.3 is 5.97 Å². The zero-order chi connectivity index (χ0) is 22.2. The SMILES string of the molecule is Cc1csc2nc(COC(=O)c3ccc(F)c(S(=O)(=O)N4CCCCC4)c3)cc(=O)n12. The number of hydrogen-bond acceptors (Lipinski definition) is 7. The van der Waals surface area contributed by atoms with Gasteiger partial charge in [0.15, 0.2) is 4.96 Å². The molecule has 1 aliphatic heterocycles. The van der Waals surface area contributed by atoms with Gasteiger partial charge in [0, 0.05) is 30.2 Å².